The van der Waals surface area contributed by atoms with Gasteiger partial charge in [-0.3, -0.25) is 9.59 Å². The Bertz CT molecular complexity index is 1010. The van der Waals surface area contributed by atoms with Crippen molar-refractivity contribution in [2.75, 3.05) is 49.0 Å². The summed E-state index contributed by atoms with van der Waals surface area (Å²) in [6.45, 7) is 1.96. The van der Waals surface area contributed by atoms with E-state index < -0.39 is 11.7 Å². The highest BCUT2D eigenvalue weighted by atomic mass is 19.1. The molecule has 0 aromatic heterocycles. The normalized spacial score (nSPS) is 18.6. The number of ether oxygens (including phenoxy) is 2. The summed E-state index contributed by atoms with van der Waals surface area (Å²) in [7, 11) is 3.08. The number of piperidine rings is 1. The maximum atomic E-state index is 14.0. The average molecular weight is 442 g/mol. The molecule has 0 bridgehead atoms. The van der Waals surface area contributed by atoms with Crippen LogP contribution in [0.1, 0.15) is 25.7 Å². The van der Waals surface area contributed by atoms with Crippen molar-refractivity contribution < 1.29 is 23.5 Å². The number of rotatable bonds is 6. The number of hydrogen-bond donors (Lipinski definition) is 1. The summed E-state index contributed by atoms with van der Waals surface area (Å²) in [6.07, 6.45) is 3.38. The van der Waals surface area contributed by atoms with Gasteiger partial charge >= 0.3 is 0 Å². The van der Waals surface area contributed by atoms with E-state index in [4.69, 9.17) is 9.47 Å². The predicted octanol–water partition coefficient (Wildman–Crippen LogP) is 3.82. The molecule has 2 aliphatic rings. The zero-order valence-corrected chi connectivity index (χ0v) is 18.4. The number of amides is 2. The Morgan fingerprint density at radius 3 is 2.53 bits per heavy atom. The molecule has 32 heavy (non-hydrogen) atoms. The average Bonchev–Trinajstić information content (AvgIpc) is 3.21. The highest BCUT2D eigenvalue weighted by Gasteiger charge is 2.37. The van der Waals surface area contributed by atoms with E-state index in [1.807, 2.05) is 0 Å². The van der Waals surface area contributed by atoms with Crippen LogP contribution < -0.4 is 24.6 Å². The highest BCUT2D eigenvalue weighted by Crippen LogP contribution is 2.37. The Morgan fingerprint density at radius 1 is 1.03 bits per heavy atom. The third-order valence-electron chi connectivity index (χ3n) is 6.09. The standard InChI is InChI=1S/C24H28FN3O4/c1-31-18-7-9-22(32-2)21(14-18)28-15-16(12-23(28)29)24(30)26-19-13-17(25)6-8-20(19)27-10-4-3-5-11-27/h6-9,13-14,16H,3-5,10-12,15H2,1-2H3,(H,26,30). The van der Waals surface area contributed by atoms with Crippen molar-refractivity contribution in [2.45, 2.75) is 25.7 Å². The van der Waals surface area contributed by atoms with Crippen LogP contribution in [-0.4, -0.2) is 45.7 Å². The molecule has 4 rings (SSSR count). The molecule has 2 amide bonds. The zero-order valence-electron chi connectivity index (χ0n) is 18.4. The summed E-state index contributed by atoms with van der Waals surface area (Å²) in [6, 6.07) is 9.67. The van der Waals surface area contributed by atoms with Gasteiger partial charge in [0.05, 0.1) is 37.2 Å². The third-order valence-corrected chi connectivity index (χ3v) is 6.09. The molecule has 0 saturated carbocycles. The lowest BCUT2D eigenvalue weighted by molar-refractivity contribution is -0.122. The molecule has 170 valence electrons. The van der Waals surface area contributed by atoms with Gasteiger partial charge in [0.1, 0.15) is 17.3 Å². The molecule has 2 saturated heterocycles. The summed E-state index contributed by atoms with van der Waals surface area (Å²) >= 11 is 0. The molecule has 2 heterocycles. The molecule has 1 N–H and O–H groups in total. The van der Waals surface area contributed by atoms with Gasteiger partial charge in [-0.05, 0) is 49.6 Å². The predicted molar refractivity (Wildman–Crippen MR) is 121 cm³/mol. The van der Waals surface area contributed by atoms with Gasteiger partial charge in [0, 0.05) is 32.1 Å². The largest absolute Gasteiger partial charge is 0.497 e. The van der Waals surface area contributed by atoms with Crippen molar-refractivity contribution in [1.29, 1.82) is 0 Å². The van der Waals surface area contributed by atoms with Gasteiger partial charge in [0.25, 0.3) is 0 Å². The minimum atomic E-state index is -0.559. The summed E-state index contributed by atoms with van der Waals surface area (Å²) in [5.74, 6) is -0.328. The Hall–Kier alpha value is -3.29. The Kier molecular flexibility index (Phi) is 6.48. The molecule has 2 aliphatic heterocycles. The van der Waals surface area contributed by atoms with E-state index in [-0.39, 0.29) is 24.8 Å². The molecule has 0 aliphatic carbocycles. The van der Waals surface area contributed by atoms with Crippen molar-refractivity contribution in [2.24, 2.45) is 5.92 Å². The van der Waals surface area contributed by atoms with Gasteiger partial charge in [-0.2, -0.15) is 0 Å². The number of hydrogen-bond acceptors (Lipinski definition) is 5. The molecule has 2 fully saturated rings. The fourth-order valence-corrected chi connectivity index (χ4v) is 4.38. The summed E-state index contributed by atoms with van der Waals surface area (Å²) in [5.41, 5.74) is 1.82. The number of methoxy groups -OCH3 is 2. The van der Waals surface area contributed by atoms with Gasteiger partial charge in [-0.15, -0.1) is 0 Å². The first kappa shape index (κ1) is 21.9. The second-order valence-electron chi connectivity index (χ2n) is 8.14. The van der Waals surface area contributed by atoms with E-state index in [1.54, 1.807) is 36.3 Å². The van der Waals surface area contributed by atoms with Gasteiger partial charge in [0.2, 0.25) is 11.8 Å². The van der Waals surface area contributed by atoms with Crippen molar-refractivity contribution >= 4 is 28.9 Å². The molecule has 0 radical (unpaired) electrons. The van der Waals surface area contributed by atoms with Crippen molar-refractivity contribution in [3.8, 4) is 11.5 Å². The first-order chi connectivity index (χ1) is 15.5. The Morgan fingerprint density at radius 2 is 1.81 bits per heavy atom. The second-order valence-corrected chi connectivity index (χ2v) is 8.14. The number of nitrogens with one attached hydrogen (secondary N) is 1. The first-order valence-electron chi connectivity index (χ1n) is 10.9. The quantitative estimate of drug-likeness (QED) is 0.738. The third kappa shape index (κ3) is 4.49. The maximum Gasteiger partial charge on any atom is 0.229 e. The minimum Gasteiger partial charge on any atom is -0.497 e. The number of benzene rings is 2. The number of carbonyl (C=O) groups excluding carboxylic acids is 2. The molecule has 8 heteroatoms. The van der Waals surface area contributed by atoms with Crippen LogP contribution in [0.4, 0.5) is 21.5 Å². The lowest BCUT2D eigenvalue weighted by Gasteiger charge is -2.30. The van der Waals surface area contributed by atoms with Crippen LogP contribution in [0.5, 0.6) is 11.5 Å². The lowest BCUT2D eigenvalue weighted by atomic mass is 10.1. The van der Waals surface area contributed by atoms with E-state index in [1.165, 1.54) is 25.7 Å². The molecule has 2 aromatic carbocycles. The smallest absolute Gasteiger partial charge is 0.229 e. The molecule has 7 nitrogen and oxygen atoms in total. The number of carbonyl (C=O) groups is 2. The van der Waals surface area contributed by atoms with E-state index in [0.717, 1.165) is 31.6 Å². The van der Waals surface area contributed by atoms with Crippen LogP contribution in [0, 0.1) is 11.7 Å². The fraction of sp³-hybridized carbons (Fsp3) is 0.417. The van der Waals surface area contributed by atoms with E-state index in [0.29, 0.717) is 22.9 Å². The molecular weight excluding hydrogens is 413 g/mol. The highest BCUT2D eigenvalue weighted by molar-refractivity contribution is 6.05. The van der Waals surface area contributed by atoms with Gasteiger partial charge < -0.3 is 24.6 Å². The molecule has 2 aromatic rings. The van der Waals surface area contributed by atoms with Crippen molar-refractivity contribution in [1.82, 2.24) is 0 Å². The number of anilines is 3. The van der Waals surface area contributed by atoms with Crippen molar-refractivity contribution in [3.63, 3.8) is 0 Å². The molecular formula is C24H28FN3O4. The fourth-order valence-electron chi connectivity index (χ4n) is 4.38. The first-order valence-corrected chi connectivity index (χ1v) is 10.9. The second kappa shape index (κ2) is 9.46. The summed E-state index contributed by atoms with van der Waals surface area (Å²) < 4.78 is 24.7. The SMILES string of the molecule is COc1ccc(OC)c(N2CC(C(=O)Nc3cc(F)ccc3N3CCCCC3)CC2=O)c1. The monoisotopic (exact) mass is 441 g/mol. The van der Waals surface area contributed by atoms with Gasteiger partial charge in [0.15, 0.2) is 0 Å². The number of halogens is 1. The molecule has 0 spiro atoms. The maximum absolute atomic E-state index is 14.0. The number of nitrogens with zero attached hydrogens (tertiary/aromatic N) is 2. The van der Waals surface area contributed by atoms with Crippen LogP contribution in [-0.2, 0) is 9.59 Å². The zero-order chi connectivity index (χ0) is 22.7. The molecule has 1 atom stereocenters. The molecule has 1 unspecified atom stereocenters. The Labute approximate surface area is 187 Å². The van der Waals surface area contributed by atoms with E-state index >= 15 is 0 Å². The van der Waals surface area contributed by atoms with Crippen LogP contribution >= 0.6 is 0 Å². The van der Waals surface area contributed by atoms with Crippen LogP contribution in [0.25, 0.3) is 0 Å². The Balaban J connectivity index is 1.52. The van der Waals surface area contributed by atoms with E-state index in [9.17, 15) is 14.0 Å². The van der Waals surface area contributed by atoms with Gasteiger partial charge in [-0.1, -0.05) is 0 Å². The minimum absolute atomic E-state index is 0.0700. The van der Waals surface area contributed by atoms with Crippen LogP contribution in [0.15, 0.2) is 36.4 Å². The van der Waals surface area contributed by atoms with Crippen molar-refractivity contribution in [3.05, 3.63) is 42.2 Å². The topological polar surface area (TPSA) is 71.1 Å². The summed E-state index contributed by atoms with van der Waals surface area (Å²) in [4.78, 5) is 29.6. The van der Waals surface area contributed by atoms with Gasteiger partial charge in [-0.25, -0.2) is 4.39 Å². The lowest BCUT2D eigenvalue weighted by Crippen LogP contribution is -2.32. The van der Waals surface area contributed by atoms with Crippen LogP contribution in [0.3, 0.4) is 0 Å². The van der Waals surface area contributed by atoms with Crippen LogP contribution in [0.2, 0.25) is 0 Å². The van der Waals surface area contributed by atoms with E-state index in [2.05, 4.69) is 10.2 Å². The summed E-state index contributed by atoms with van der Waals surface area (Å²) in [5, 5.41) is 2.88.